The molecule has 0 aromatic heterocycles. The summed E-state index contributed by atoms with van der Waals surface area (Å²) >= 11 is 0. The summed E-state index contributed by atoms with van der Waals surface area (Å²) in [6.45, 7) is 7.29. The average Bonchev–Trinajstić information content (AvgIpc) is 2.22. The molecule has 0 amide bonds. The van der Waals surface area contributed by atoms with Crippen LogP contribution in [0.4, 0.5) is 0 Å². The Balaban J connectivity index is -0.00000112. The van der Waals surface area contributed by atoms with E-state index in [9.17, 15) is 9.59 Å². The Morgan fingerprint density at radius 2 is 1.56 bits per heavy atom. The normalized spacial score (nSPS) is 13.7. The second-order valence-electron chi connectivity index (χ2n) is 4.94. The summed E-state index contributed by atoms with van der Waals surface area (Å²) in [5.74, 6) is -0.809. The number of Topliss-reactive ketones (excluding diaryl/α,β-unsaturated/α-hetero) is 1. The topological polar surface area (TPSA) is 52.6 Å². The molecule has 0 unspecified atom stereocenters. The maximum Gasteiger partial charge on any atom is 0.306 e. The lowest BCUT2D eigenvalue weighted by Gasteiger charge is -2.27. The van der Waals surface area contributed by atoms with Gasteiger partial charge in [-0.3, -0.25) is 9.59 Å². The first-order valence-corrected chi connectivity index (χ1v) is 5.38. The van der Waals surface area contributed by atoms with Crippen molar-refractivity contribution < 1.29 is 19.1 Å². The van der Waals surface area contributed by atoms with Gasteiger partial charge in [0, 0.05) is 12.5 Å². The van der Waals surface area contributed by atoms with E-state index in [1.807, 2.05) is 20.8 Å². The molecule has 0 N–H and O–H groups in total. The van der Waals surface area contributed by atoms with Gasteiger partial charge in [0.05, 0.1) is 25.6 Å². The van der Waals surface area contributed by atoms with E-state index < -0.39 is 11.3 Å². The minimum absolute atomic E-state index is 0. The van der Waals surface area contributed by atoms with Gasteiger partial charge in [-0.05, 0) is 6.92 Å². The summed E-state index contributed by atoms with van der Waals surface area (Å²) in [4.78, 5) is 23.4. The van der Waals surface area contributed by atoms with Crippen molar-refractivity contribution in [2.24, 2.45) is 11.3 Å². The fourth-order valence-corrected chi connectivity index (χ4v) is 1.46. The summed E-state index contributed by atoms with van der Waals surface area (Å²) in [7, 11) is 2.85. The van der Waals surface area contributed by atoms with Crippen LogP contribution in [0.2, 0.25) is 0 Å². The van der Waals surface area contributed by atoms with E-state index >= 15 is 0 Å². The van der Waals surface area contributed by atoms with E-state index in [4.69, 9.17) is 4.74 Å². The van der Waals surface area contributed by atoms with E-state index in [1.165, 1.54) is 14.2 Å². The molecule has 110 valence electrons. The number of ketones is 1. The van der Waals surface area contributed by atoms with Crippen LogP contribution in [0, 0.1) is 11.3 Å². The Hall–Kier alpha value is -0.200. The van der Waals surface area contributed by atoms with Crippen LogP contribution in [0.5, 0.6) is 0 Å². The molecule has 0 aromatic carbocycles. The molecule has 4 nitrogen and oxygen atoms in total. The molecule has 0 heterocycles. The van der Waals surface area contributed by atoms with Crippen LogP contribution < -0.4 is 0 Å². The van der Waals surface area contributed by atoms with Gasteiger partial charge in [0.1, 0.15) is 5.78 Å². The number of methoxy groups -OCH3 is 2. The molecule has 0 saturated carbocycles. The molecule has 0 rings (SSSR count). The molecule has 0 aliphatic carbocycles. The van der Waals surface area contributed by atoms with Crippen LogP contribution in [0.1, 0.15) is 34.1 Å². The van der Waals surface area contributed by atoms with Crippen molar-refractivity contribution in [1.82, 2.24) is 0 Å². The van der Waals surface area contributed by atoms with Gasteiger partial charge in [-0.1, -0.05) is 20.8 Å². The minimum atomic E-state index is -0.481. The summed E-state index contributed by atoms with van der Waals surface area (Å²) < 4.78 is 9.74. The highest BCUT2D eigenvalue weighted by Crippen LogP contribution is 2.26. The van der Waals surface area contributed by atoms with Crippen LogP contribution >= 0.6 is 27.0 Å². The Kier molecular flexibility index (Phi) is 12.4. The van der Waals surface area contributed by atoms with Crippen LogP contribution in [0.15, 0.2) is 0 Å². The fraction of sp³-hybridized carbons (Fsp3) is 0.833. The third kappa shape index (κ3) is 7.28. The summed E-state index contributed by atoms with van der Waals surface area (Å²) in [5, 5.41) is 0. The van der Waals surface area contributed by atoms with Crippen LogP contribution in [0.3, 0.4) is 0 Å². The molecule has 0 aliphatic heterocycles. The standard InChI is InChI=1S/C12H22O4.2H2S/c1-8(15-5)9(7-10(13)16-6)11(14)12(2,3)4;;/h8-9H,7H2,1-6H3;2*1H2/t8-,9-;;/m0../s1. The van der Waals surface area contributed by atoms with Crippen molar-refractivity contribution in [3.8, 4) is 0 Å². The Labute approximate surface area is 124 Å². The van der Waals surface area contributed by atoms with Gasteiger partial charge >= 0.3 is 5.97 Å². The third-order valence-corrected chi connectivity index (χ3v) is 2.63. The highest BCUT2D eigenvalue weighted by Gasteiger charge is 2.35. The molecule has 0 aromatic rings. The number of hydrogen-bond acceptors (Lipinski definition) is 4. The average molecular weight is 298 g/mol. The molecule has 0 spiro atoms. The maximum absolute atomic E-state index is 12.1. The number of carbonyl (C=O) groups excluding carboxylic acids is 2. The monoisotopic (exact) mass is 298 g/mol. The number of ether oxygens (including phenoxy) is 2. The fourth-order valence-electron chi connectivity index (χ4n) is 1.46. The zero-order chi connectivity index (χ0) is 12.9. The first-order chi connectivity index (χ1) is 7.23. The van der Waals surface area contributed by atoms with E-state index in [2.05, 4.69) is 4.74 Å². The predicted octanol–water partition coefficient (Wildman–Crippen LogP) is 2.04. The Morgan fingerprint density at radius 3 is 1.83 bits per heavy atom. The van der Waals surface area contributed by atoms with Crippen LogP contribution in [-0.2, 0) is 19.1 Å². The molecular formula is C12H26O4S2. The Morgan fingerprint density at radius 1 is 1.11 bits per heavy atom. The van der Waals surface area contributed by atoms with Crippen LogP contribution in [0.25, 0.3) is 0 Å². The van der Waals surface area contributed by atoms with Crippen molar-refractivity contribution in [2.45, 2.75) is 40.2 Å². The third-order valence-electron chi connectivity index (χ3n) is 2.63. The smallest absolute Gasteiger partial charge is 0.306 e. The summed E-state index contributed by atoms with van der Waals surface area (Å²) in [6.07, 6.45) is -0.215. The maximum atomic E-state index is 12.1. The van der Waals surface area contributed by atoms with Gasteiger partial charge in [0.25, 0.3) is 0 Å². The Bertz CT molecular complexity index is 261. The van der Waals surface area contributed by atoms with Gasteiger partial charge in [-0.15, -0.1) is 0 Å². The highest BCUT2D eigenvalue weighted by molar-refractivity contribution is 7.59. The van der Waals surface area contributed by atoms with Crippen molar-refractivity contribution in [3.63, 3.8) is 0 Å². The molecule has 0 fully saturated rings. The quantitative estimate of drug-likeness (QED) is 0.729. The van der Waals surface area contributed by atoms with E-state index in [1.54, 1.807) is 6.92 Å². The van der Waals surface area contributed by atoms with Gasteiger partial charge in [-0.2, -0.15) is 27.0 Å². The predicted molar refractivity (Wildman–Crippen MR) is 81.8 cm³/mol. The van der Waals surface area contributed by atoms with Crippen molar-refractivity contribution in [3.05, 3.63) is 0 Å². The van der Waals surface area contributed by atoms with E-state index in [-0.39, 0.29) is 51.3 Å². The highest BCUT2D eigenvalue weighted by atomic mass is 32.1. The number of esters is 1. The number of rotatable bonds is 5. The number of carbonyl (C=O) groups is 2. The first-order valence-electron chi connectivity index (χ1n) is 5.38. The molecular weight excluding hydrogens is 272 g/mol. The number of hydrogen-bond donors (Lipinski definition) is 0. The summed E-state index contributed by atoms with van der Waals surface area (Å²) in [6, 6.07) is 0. The zero-order valence-electron chi connectivity index (χ0n) is 12.0. The molecule has 0 aliphatic rings. The van der Waals surface area contributed by atoms with Gasteiger partial charge in [0.2, 0.25) is 0 Å². The lowest BCUT2D eigenvalue weighted by molar-refractivity contribution is -0.148. The largest absolute Gasteiger partial charge is 0.469 e. The lowest BCUT2D eigenvalue weighted by Crippen LogP contribution is -2.37. The van der Waals surface area contributed by atoms with E-state index in [0.29, 0.717) is 0 Å². The molecule has 6 heteroatoms. The first kappa shape index (κ1) is 22.9. The molecule has 0 bridgehead atoms. The van der Waals surface area contributed by atoms with Crippen molar-refractivity contribution in [1.29, 1.82) is 0 Å². The molecule has 0 radical (unpaired) electrons. The summed E-state index contributed by atoms with van der Waals surface area (Å²) in [5.41, 5.74) is -0.481. The SMILES string of the molecule is COC(=O)C[C@H](C(=O)C(C)(C)C)[C@H](C)OC.S.S. The second-order valence-corrected chi connectivity index (χ2v) is 4.94. The van der Waals surface area contributed by atoms with Gasteiger partial charge in [-0.25, -0.2) is 0 Å². The van der Waals surface area contributed by atoms with Gasteiger partial charge in [0.15, 0.2) is 0 Å². The van der Waals surface area contributed by atoms with Crippen molar-refractivity contribution in [2.75, 3.05) is 14.2 Å². The van der Waals surface area contributed by atoms with E-state index in [0.717, 1.165) is 0 Å². The lowest BCUT2D eigenvalue weighted by atomic mass is 9.79. The molecule has 2 atom stereocenters. The zero-order valence-corrected chi connectivity index (χ0v) is 14.0. The van der Waals surface area contributed by atoms with Crippen LogP contribution in [-0.4, -0.2) is 32.1 Å². The molecule has 18 heavy (non-hydrogen) atoms. The molecule has 0 saturated heterocycles. The van der Waals surface area contributed by atoms with Gasteiger partial charge < -0.3 is 9.47 Å². The second kappa shape index (κ2) is 9.69. The minimum Gasteiger partial charge on any atom is -0.469 e. The van der Waals surface area contributed by atoms with Crippen molar-refractivity contribution >= 4 is 38.7 Å².